The number of rotatable bonds is 4. The number of quaternary nitrogens is 2. The predicted molar refractivity (Wildman–Crippen MR) is 52.6 cm³/mol. The number of unbranched alkanes of at least 4 members (excludes halogenated alkanes) is 1. The average molecular weight is 188 g/mol. The van der Waals surface area contributed by atoms with Crippen molar-refractivity contribution in [2.45, 2.75) is 38.9 Å². The predicted octanol–water partition coefficient (Wildman–Crippen LogP) is -1.30. The Balaban J connectivity index is 2.17. The van der Waals surface area contributed by atoms with Gasteiger partial charge in [0.2, 0.25) is 0 Å². The van der Waals surface area contributed by atoms with Gasteiger partial charge >= 0.3 is 0 Å². The monoisotopic (exact) mass is 188 g/mol. The Bertz CT molecular complexity index is 131. The molecule has 1 rings (SSSR count). The van der Waals surface area contributed by atoms with Crippen LogP contribution in [0.1, 0.15) is 26.7 Å². The molecule has 0 amide bonds. The van der Waals surface area contributed by atoms with Gasteiger partial charge in [0, 0.05) is 12.8 Å². The minimum atomic E-state index is 0.443. The lowest BCUT2D eigenvalue weighted by atomic mass is 10.2. The molecule has 3 nitrogen and oxygen atoms in total. The largest absolute Gasteiger partial charge is 0.364 e. The highest BCUT2D eigenvalue weighted by atomic mass is 16.5. The molecule has 0 aromatic carbocycles. The smallest absolute Gasteiger partial charge is 0.104 e. The van der Waals surface area contributed by atoms with Crippen molar-refractivity contribution in [3.8, 4) is 0 Å². The van der Waals surface area contributed by atoms with E-state index in [1.54, 1.807) is 4.90 Å². The van der Waals surface area contributed by atoms with Crippen LogP contribution in [0.4, 0.5) is 0 Å². The molecule has 0 bridgehead atoms. The Morgan fingerprint density at radius 2 is 1.85 bits per heavy atom. The fraction of sp³-hybridized carbons (Fsp3) is 1.00. The zero-order valence-corrected chi connectivity index (χ0v) is 9.01. The average Bonchev–Trinajstić information content (AvgIpc) is 2.03. The van der Waals surface area contributed by atoms with Crippen molar-refractivity contribution in [3.63, 3.8) is 0 Å². The third-order valence-electron chi connectivity index (χ3n) is 2.65. The van der Waals surface area contributed by atoms with Crippen LogP contribution in [0.5, 0.6) is 0 Å². The molecule has 4 N–H and O–H groups in total. The van der Waals surface area contributed by atoms with Crippen LogP contribution >= 0.6 is 0 Å². The van der Waals surface area contributed by atoms with Gasteiger partial charge in [-0.2, -0.15) is 0 Å². The van der Waals surface area contributed by atoms with Crippen molar-refractivity contribution in [1.29, 1.82) is 0 Å². The zero-order valence-electron chi connectivity index (χ0n) is 9.01. The number of morpholine rings is 1. The molecular formula is C10H24N2O+2. The van der Waals surface area contributed by atoms with Crippen LogP contribution in [-0.2, 0) is 4.74 Å². The highest BCUT2D eigenvalue weighted by Crippen LogP contribution is 1.98. The summed E-state index contributed by atoms with van der Waals surface area (Å²) in [6, 6.07) is 0. The highest BCUT2D eigenvalue weighted by Gasteiger charge is 2.24. The summed E-state index contributed by atoms with van der Waals surface area (Å²) >= 11 is 0. The van der Waals surface area contributed by atoms with Gasteiger partial charge in [0.25, 0.3) is 0 Å². The summed E-state index contributed by atoms with van der Waals surface area (Å²) in [5.41, 5.74) is 3.86. The fourth-order valence-corrected chi connectivity index (χ4v) is 2.15. The molecule has 1 fully saturated rings. The van der Waals surface area contributed by atoms with Gasteiger partial charge in [-0.15, -0.1) is 0 Å². The van der Waals surface area contributed by atoms with Crippen LogP contribution in [-0.4, -0.2) is 38.4 Å². The number of nitrogens with one attached hydrogen (secondary N) is 1. The van der Waals surface area contributed by atoms with Crippen molar-refractivity contribution >= 4 is 0 Å². The van der Waals surface area contributed by atoms with Gasteiger partial charge in [-0.25, -0.2) is 0 Å². The highest BCUT2D eigenvalue weighted by molar-refractivity contribution is 4.58. The van der Waals surface area contributed by atoms with E-state index in [4.69, 9.17) is 4.74 Å². The third kappa shape index (κ3) is 4.07. The van der Waals surface area contributed by atoms with Gasteiger partial charge < -0.3 is 15.4 Å². The first-order chi connectivity index (χ1) is 6.22. The van der Waals surface area contributed by atoms with E-state index in [2.05, 4.69) is 19.6 Å². The summed E-state index contributed by atoms with van der Waals surface area (Å²) in [6.45, 7) is 9.10. The van der Waals surface area contributed by atoms with Gasteiger partial charge in [-0.3, -0.25) is 0 Å². The lowest BCUT2D eigenvalue weighted by Crippen LogP contribution is -3.15. The molecule has 0 aromatic rings. The van der Waals surface area contributed by atoms with Gasteiger partial charge in [-0.05, 0) is 13.8 Å². The Morgan fingerprint density at radius 3 is 2.38 bits per heavy atom. The normalized spacial score (nSPS) is 34.8. The van der Waals surface area contributed by atoms with E-state index in [0.29, 0.717) is 12.2 Å². The summed E-state index contributed by atoms with van der Waals surface area (Å²) in [6.07, 6.45) is 3.47. The summed E-state index contributed by atoms with van der Waals surface area (Å²) < 4.78 is 5.69. The van der Waals surface area contributed by atoms with Crippen LogP contribution in [0.2, 0.25) is 0 Å². The number of hydrogen-bond acceptors (Lipinski definition) is 1. The van der Waals surface area contributed by atoms with Crippen LogP contribution in [0, 0.1) is 0 Å². The second kappa shape index (κ2) is 5.58. The molecule has 0 radical (unpaired) electrons. The van der Waals surface area contributed by atoms with E-state index in [1.165, 1.54) is 32.5 Å². The molecule has 3 heteroatoms. The van der Waals surface area contributed by atoms with Gasteiger partial charge in [-0.1, -0.05) is 0 Å². The molecule has 0 aliphatic carbocycles. The molecular weight excluding hydrogens is 164 g/mol. The fourth-order valence-electron chi connectivity index (χ4n) is 2.15. The van der Waals surface area contributed by atoms with Gasteiger partial charge in [0.05, 0.1) is 13.1 Å². The van der Waals surface area contributed by atoms with E-state index >= 15 is 0 Å². The molecule has 1 heterocycles. The molecule has 0 aromatic heterocycles. The summed E-state index contributed by atoms with van der Waals surface area (Å²) in [5.74, 6) is 0. The SMILES string of the molecule is C[C@H]1C[NH+](CCCC[NH3+])C[C@H](C)O1. The molecule has 0 unspecified atom stereocenters. The van der Waals surface area contributed by atoms with E-state index in [9.17, 15) is 0 Å². The second-order valence-corrected chi connectivity index (χ2v) is 4.23. The Labute approximate surface area is 81.2 Å². The summed E-state index contributed by atoms with van der Waals surface area (Å²) in [7, 11) is 0. The van der Waals surface area contributed by atoms with E-state index < -0.39 is 0 Å². The maximum atomic E-state index is 5.69. The first-order valence-electron chi connectivity index (χ1n) is 5.50. The quantitative estimate of drug-likeness (QED) is 0.529. The topological polar surface area (TPSA) is 41.3 Å². The number of ether oxygens (including phenoxy) is 1. The van der Waals surface area contributed by atoms with Gasteiger partial charge in [0.1, 0.15) is 25.3 Å². The molecule has 1 aliphatic heterocycles. The Morgan fingerprint density at radius 1 is 1.23 bits per heavy atom. The van der Waals surface area contributed by atoms with Crippen molar-refractivity contribution in [1.82, 2.24) is 0 Å². The Hall–Kier alpha value is -0.120. The van der Waals surface area contributed by atoms with Crippen LogP contribution in [0.15, 0.2) is 0 Å². The second-order valence-electron chi connectivity index (χ2n) is 4.23. The first-order valence-corrected chi connectivity index (χ1v) is 5.50. The van der Waals surface area contributed by atoms with Crippen molar-refractivity contribution in [2.24, 2.45) is 0 Å². The van der Waals surface area contributed by atoms with Crippen molar-refractivity contribution < 1.29 is 15.4 Å². The lowest BCUT2D eigenvalue weighted by Gasteiger charge is -2.32. The van der Waals surface area contributed by atoms with E-state index in [0.717, 1.165) is 6.54 Å². The van der Waals surface area contributed by atoms with Crippen molar-refractivity contribution in [3.05, 3.63) is 0 Å². The molecule has 13 heavy (non-hydrogen) atoms. The molecule has 1 aliphatic rings. The van der Waals surface area contributed by atoms with Crippen LogP contribution in [0.25, 0.3) is 0 Å². The lowest BCUT2D eigenvalue weighted by molar-refractivity contribution is -0.915. The Kier molecular flexibility index (Phi) is 4.70. The molecule has 0 saturated carbocycles. The van der Waals surface area contributed by atoms with Crippen LogP contribution < -0.4 is 10.6 Å². The molecule has 2 atom stereocenters. The van der Waals surface area contributed by atoms with Crippen LogP contribution in [0.3, 0.4) is 0 Å². The summed E-state index contributed by atoms with van der Waals surface area (Å²) in [4.78, 5) is 1.71. The summed E-state index contributed by atoms with van der Waals surface area (Å²) in [5, 5.41) is 0. The standard InChI is InChI=1S/C10H22N2O/c1-9-7-12(6-4-3-5-11)8-10(2)13-9/h9-10H,3-8,11H2,1-2H3/p+2/t9-,10-/m0/s1. The number of hydrogen-bond donors (Lipinski definition) is 2. The maximum Gasteiger partial charge on any atom is 0.104 e. The van der Waals surface area contributed by atoms with Crippen molar-refractivity contribution in [2.75, 3.05) is 26.2 Å². The van der Waals surface area contributed by atoms with Gasteiger partial charge in [0.15, 0.2) is 0 Å². The molecule has 1 saturated heterocycles. The maximum absolute atomic E-state index is 5.69. The van der Waals surface area contributed by atoms with E-state index in [-0.39, 0.29) is 0 Å². The first kappa shape index (κ1) is 11.0. The van der Waals surface area contributed by atoms with E-state index in [1.807, 2.05) is 0 Å². The zero-order chi connectivity index (χ0) is 9.68. The molecule has 78 valence electrons. The third-order valence-corrected chi connectivity index (χ3v) is 2.65. The minimum absolute atomic E-state index is 0.443. The molecule has 0 spiro atoms. The minimum Gasteiger partial charge on any atom is -0.364 e.